The van der Waals surface area contributed by atoms with Crippen molar-refractivity contribution in [2.24, 2.45) is 0 Å². The molecule has 8 aromatic rings. The highest BCUT2D eigenvalue weighted by Gasteiger charge is 2.54. The number of nitrogens with zero attached hydrogens (tertiary/aromatic N) is 9. The third-order valence-corrected chi connectivity index (χ3v) is 30.4. The Kier molecular flexibility index (Phi) is 29.7. The number of aromatic carboxylic acids is 1. The standard InChI is InChI=1S/C13H15ClFN4O12P3.C13H13ClFN4O10P3.C13H12ClFN4O3.C7H4ClO3P.C7H7O10P3/c1-2-13(5-28-33(24,25)31-34(26,27)30-32(21,22)23)7(20)3-8(29-13)19-4-6(15)9-10(16)17-12(14)18-11(9)19;1-2-13(5-25-30-27-31(21,22)29-32(23,24)28-30)7(20)3-8(26-13)19-4-6(15)9-10(16)17-12(14)18-11(9)19;1-2-13(5-20)7(21)3-8(22-13)19-4-6(15)9-10(16)17-12(14)18-11(9)19;8-12-10-6-4-2-1-3-5(6)7(9)11-12;8-7(9)5-3-1-2-4-6(5)14-18-15-19(10,11)17-20(12,13)16-18/h1,4,7-8,20H,3,5H2,(H,24,25)(H,26,27)(H2,16,17,18)(H2,21,22,23);1,4,7-8,20H,3,5H2,(H,21,22)(H,23,24)(H2,16,17,18);1,4,7-8,20-21H,3,5H2,(H2,16,17,18);1-4H;1-4H,(H,8,9)(H,10,11)(H,12,13)/p-4/t3*7-,8+,13+;;/m000../s1. The van der Waals surface area contributed by atoms with Crippen molar-refractivity contribution in [1.29, 1.82) is 0 Å². The number of carbonyl (C=O) groups excluding carboxylic acids is 2. The van der Waals surface area contributed by atoms with Crippen LogP contribution in [0.3, 0.4) is 0 Å². The summed E-state index contributed by atoms with van der Waals surface area (Å²) in [4.78, 5) is 123. The maximum absolute atomic E-state index is 14.4. The molecule has 8 unspecified atom stereocenters. The van der Waals surface area contributed by atoms with Gasteiger partial charge in [0, 0.05) is 43.4 Å². The van der Waals surface area contributed by atoms with Gasteiger partial charge in [0.05, 0.1) is 35.3 Å². The molecule has 50 nitrogen and oxygen atoms in total. The number of carboxylic acid groups (broad SMARTS) is 1. The summed E-state index contributed by atoms with van der Waals surface area (Å²) in [5, 5.41) is 50.2. The van der Waals surface area contributed by atoms with Gasteiger partial charge in [0.1, 0.15) is 78.1 Å². The zero-order chi connectivity index (χ0) is 88.8. The highest BCUT2D eigenvalue weighted by Crippen LogP contribution is 2.76. The fraction of sp³-hybridized carbons (Fsp3) is 0.283. The van der Waals surface area contributed by atoms with E-state index in [1.165, 1.54) is 21.3 Å². The van der Waals surface area contributed by atoms with Gasteiger partial charge in [0.25, 0.3) is 23.5 Å². The number of terminal acetylenes is 3. The molecule has 0 bridgehead atoms. The van der Waals surface area contributed by atoms with E-state index in [-0.39, 0.29) is 91.4 Å². The quantitative estimate of drug-likeness (QED) is 0.0326. The maximum atomic E-state index is 14.4. The lowest BCUT2D eigenvalue weighted by Crippen LogP contribution is -2.42. The van der Waals surface area contributed by atoms with Crippen LogP contribution in [0.25, 0.3) is 33.1 Å². The highest BCUT2D eigenvalue weighted by atomic mass is 35.7. The molecule has 6 aliphatic heterocycles. The van der Waals surface area contributed by atoms with Gasteiger partial charge >= 0.3 is 62.2 Å². The number of aromatic nitrogens is 9. The molecule has 0 amide bonds. The Balaban J connectivity index is 0.000000163. The van der Waals surface area contributed by atoms with Crippen LogP contribution < -0.4 is 46.0 Å². The number of aliphatic hydroxyl groups is 4. The summed E-state index contributed by atoms with van der Waals surface area (Å²) in [6.45, 7) is -2.46. The number of phosphoric acid groups is 7. The molecule has 5 saturated heterocycles. The fourth-order valence-electron chi connectivity index (χ4n) is 10.7. The molecule has 0 aliphatic carbocycles. The Morgan fingerprint density at radius 3 is 1.45 bits per heavy atom. The van der Waals surface area contributed by atoms with Crippen LogP contribution in [0.15, 0.2) is 67.1 Å². The minimum Gasteiger partial charge on any atom is -0.756 e. The minimum absolute atomic E-state index is 0.00435. The molecule has 6 aliphatic rings. The van der Waals surface area contributed by atoms with Crippen molar-refractivity contribution in [3.63, 3.8) is 0 Å². The Labute approximate surface area is 689 Å². The first-order valence-corrected chi connectivity index (χ1v) is 47.0. The van der Waals surface area contributed by atoms with E-state index in [4.69, 9.17) is 125 Å². The van der Waals surface area contributed by atoms with E-state index >= 15 is 0 Å². The number of phosphoric ester groups is 1. The largest absolute Gasteiger partial charge is 0.756 e. The van der Waals surface area contributed by atoms with Gasteiger partial charge in [-0.1, -0.05) is 42.0 Å². The lowest BCUT2D eigenvalue weighted by molar-refractivity contribution is -0.255. The van der Waals surface area contributed by atoms with Crippen molar-refractivity contribution in [3.8, 4) is 48.5 Å². The molecule has 0 spiro atoms. The number of para-hydroxylation sites is 2. The van der Waals surface area contributed by atoms with Crippen molar-refractivity contribution in [1.82, 2.24) is 43.6 Å². The van der Waals surface area contributed by atoms with Gasteiger partial charge < -0.3 is 133 Å². The van der Waals surface area contributed by atoms with Crippen molar-refractivity contribution < 1.29 is 191 Å². The van der Waals surface area contributed by atoms with E-state index < -0.39 is 188 Å². The van der Waals surface area contributed by atoms with E-state index in [2.05, 4.69) is 85.3 Å². The Morgan fingerprint density at radius 1 is 0.617 bits per heavy atom. The van der Waals surface area contributed by atoms with E-state index in [1.807, 2.05) is 5.92 Å². The molecular weight excluding hydrogens is 1920 g/mol. The molecule has 5 fully saturated rings. The number of hydrogen-bond donors (Lipinski definition) is 12. The van der Waals surface area contributed by atoms with Gasteiger partial charge in [0.15, 0.2) is 51.2 Å². The predicted octanol–water partition coefficient (Wildman–Crippen LogP) is 4.94. The summed E-state index contributed by atoms with van der Waals surface area (Å²) in [7, 11) is -44.9. The van der Waals surface area contributed by atoms with Crippen LogP contribution in [-0.4, -0.2) is 155 Å². The molecular formula is C53H47Cl4F3N12O38P10-4. The first-order chi connectivity index (χ1) is 55.7. The molecule has 0 saturated carbocycles. The van der Waals surface area contributed by atoms with Crippen LogP contribution >= 0.6 is 126 Å². The summed E-state index contributed by atoms with van der Waals surface area (Å²) in [5.41, 5.74) is 11.3. The SMILES string of the molecule is C#C[C@]1(CO)O[C@@H](n2cc(F)c3c(N)nc(Cl)nc32)C[C@@H]1O.C#C[C@]1(COP(=O)(O)OP(=O)(O)OP(=O)(O)O)O[C@@H](n2cc(F)c3c(N)nc(Cl)nc32)C[C@@H]1O.C#C[C@]1(COP2OP(=O)([O-])OP(=O)([O-])O2)O[C@@H](n2cc(F)c3c(N)nc(Cl)nc32)C[C@@H]1O.O=C([O-])c1ccccc1OP1OP(=O)([O-])OP(=O)(O)O1.O=C1OP(Cl)Oc2ccccc21. The smallest absolute Gasteiger partial charge is 0.490 e. The zero-order valence-electron chi connectivity index (χ0n) is 58.0. The van der Waals surface area contributed by atoms with E-state index in [0.29, 0.717) is 11.3 Å². The van der Waals surface area contributed by atoms with Gasteiger partial charge in [-0.2, -0.15) is 23.6 Å². The summed E-state index contributed by atoms with van der Waals surface area (Å²) in [6, 6.07) is 11.9. The average molecular weight is 1970 g/mol. The number of anilines is 3. The number of nitrogen functional groups attached to an aromatic ring is 3. The second-order valence-electron chi connectivity index (χ2n) is 23.6. The second kappa shape index (κ2) is 37.1. The maximum Gasteiger partial charge on any atom is 0.490 e. The second-order valence-corrected chi connectivity index (χ2v) is 39.5. The Bertz CT molecular complexity index is 5790. The van der Waals surface area contributed by atoms with Gasteiger partial charge in [-0.15, -0.1) is 19.3 Å². The Morgan fingerprint density at radius 2 is 1.02 bits per heavy atom. The molecule has 0 radical (unpaired) electrons. The van der Waals surface area contributed by atoms with Crippen LogP contribution in [0.4, 0.5) is 30.6 Å². The van der Waals surface area contributed by atoms with E-state index in [0.717, 1.165) is 35.3 Å². The molecule has 6 aromatic heterocycles. The number of hydrogen-bond acceptors (Lipinski definition) is 42. The number of carbonyl (C=O) groups is 2. The lowest BCUT2D eigenvalue weighted by atomic mass is 9.99. The van der Waals surface area contributed by atoms with Crippen molar-refractivity contribution in [3.05, 3.63) is 112 Å². The number of rotatable bonds is 17. The zero-order valence-corrected chi connectivity index (χ0v) is 70.0. The van der Waals surface area contributed by atoms with Gasteiger partial charge in [-0.05, 0) is 70.3 Å². The first-order valence-electron chi connectivity index (χ1n) is 31.2. The number of nitrogens with two attached hydrogens (primary N) is 3. The Hall–Kier alpha value is -6.23. The summed E-state index contributed by atoms with van der Waals surface area (Å²) in [6.07, 6.45) is 11.5. The van der Waals surface area contributed by atoms with E-state index in [1.54, 1.807) is 24.3 Å². The number of aliphatic hydroxyl groups excluding tert-OH is 4. The molecule has 2 aromatic carbocycles. The monoisotopic (exact) mass is 1970 g/mol. The van der Waals surface area contributed by atoms with Gasteiger partial charge in [0.2, 0.25) is 15.9 Å². The third-order valence-electron chi connectivity index (χ3n) is 15.7. The van der Waals surface area contributed by atoms with Crippen LogP contribution in [0.2, 0.25) is 15.9 Å². The molecule has 12 heterocycles. The van der Waals surface area contributed by atoms with Gasteiger partial charge in [-0.3, -0.25) is 18.2 Å². The number of ether oxygens (including phenoxy) is 3. The van der Waals surface area contributed by atoms with Gasteiger partial charge in [-0.25, -0.2) is 77.0 Å². The molecule has 15 N–H and O–H groups in total. The number of fused-ring (bicyclic) bond motifs is 4. The minimum atomic E-state index is -5.78. The topological polar surface area (TPSA) is 746 Å². The normalized spacial score (nSPS) is 30.4. The van der Waals surface area contributed by atoms with Crippen molar-refractivity contribution >= 4 is 188 Å². The first kappa shape index (κ1) is 96.0. The van der Waals surface area contributed by atoms with Crippen LogP contribution in [0.1, 0.15) is 58.7 Å². The van der Waals surface area contributed by atoms with Crippen molar-refractivity contribution in [2.75, 3.05) is 37.0 Å². The molecule has 67 heteroatoms. The summed E-state index contributed by atoms with van der Waals surface area (Å²) in [5.74, 6) is 1.68. The summed E-state index contributed by atoms with van der Waals surface area (Å²) >= 11 is 22.8. The molecule has 17 atom stereocenters. The van der Waals surface area contributed by atoms with E-state index in [9.17, 15) is 105 Å². The molecule has 120 heavy (non-hydrogen) atoms. The molecule has 14 rings (SSSR count). The van der Waals surface area contributed by atoms with Crippen LogP contribution in [0, 0.1) is 54.5 Å². The third kappa shape index (κ3) is 22.7. The highest BCUT2D eigenvalue weighted by molar-refractivity contribution is 7.77. The van der Waals surface area contributed by atoms with Crippen LogP contribution in [-0.2, 0) is 94.2 Å². The summed E-state index contributed by atoms with van der Waals surface area (Å²) < 4.78 is 198. The number of halogens is 7. The lowest BCUT2D eigenvalue weighted by Gasteiger charge is -2.38. The average Bonchev–Trinajstić information content (AvgIpc) is 1.60. The van der Waals surface area contributed by atoms with Crippen molar-refractivity contribution in [2.45, 2.75) is 73.1 Å². The molecule has 650 valence electrons. The number of carboxylic acids is 1. The fourth-order valence-corrected chi connectivity index (χ4v) is 23.5. The predicted molar refractivity (Wildman–Crippen MR) is 390 cm³/mol. The van der Waals surface area contributed by atoms with Crippen LogP contribution in [0.5, 0.6) is 11.5 Å². The number of benzene rings is 2.